The number of rotatable bonds is 3. The molecular formula is C20H16ClN3O3. The molecule has 136 valence electrons. The quantitative estimate of drug-likeness (QED) is 0.495. The van der Waals surface area contributed by atoms with Crippen molar-refractivity contribution in [1.82, 2.24) is 15.1 Å². The summed E-state index contributed by atoms with van der Waals surface area (Å²) < 4.78 is 4.61. The van der Waals surface area contributed by atoms with E-state index in [4.69, 9.17) is 11.6 Å². The summed E-state index contributed by atoms with van der Waals surface area (Å²) in [6, 6.07) is 11.7. The first-order chi connectivity index (χ1) is 13.0. The molecular weight excluding hydrogens is 366 g/mol. The molecule has 0 atom stereocenters. The van der Waals surface area contributed by atoms with Crippen LogP contribution in [0.1, 0.15) is 24.8 Å². The Morgan fingerprint density at radius 3 is 2.56 bits per heavy atom. The molecule has 1 aliphatic carbocycles. The monoisotopic (exact) mass is 381 g/mol. The Kier molecular flexibility index (Phi) is 3.54. The van der Waals surface area contributed by atoms with Gasteiger partial charge in [-0.2, -0.15) is 0 Å². The molecule has 1 saturated carbocycles. The zero-order chi connectivity index (χ0) is 18.6. The van der Waals surface area contributed by atoms with Gasteiger partial charge in [0.2, 0.25) is 0 Å². The molecule has 2 aromatic heterocycles. The Hall–Kier alpha value is -2.83. The van der Waals surface area contributed by atoms with E-state index < -0.39 is 11.4 Å². The summed E-state index contributed by atoms with van der Waals surface area (Å²) >= 11 is 6.50. The first kappa shape index (κ1) is 16.4. The lowest BCUT2D eigenvalue weighted by molar-refractivity contribution is -0.0387. The van der Waals surface area contributed by atoms with Crippen molar-refractivity contribution in [2.75, 3.05) is 0 Å². The van der Waals surface area contributed by atoms with Crippen molar-refractivity contribution < 1.29 is 9.63 Å². The van der Waals surface area contributed by atoms with E-state index in [0.717, 1.165) is 52.4 Å². The number of aromatic amines is 2. The predicted molar refractivity (Wildman–Crippen MR) is 103 cm³/mol. The highest BCUT2D eigenvalue weighted by Crippen LogP contribution is 2.42. The molecule has 6 nitrogen and oxygen atoms in total. The number of nitrogens with zero attached hydrogens (tertiary/aromatic N) is 1. The second kappa shape index (κ2) is 5.84. The van der Waals surface area contributed by atoms with Gasteiger partial charge >= 0.3 is 5.76 Å². The van der Waals surface area contributed by atoms with Crippen LogP contribution in [0.5, 0.6) is 0 Å². The van der Waals surface area contributed by atoms with Gasteiger partial charge in [0.25, 0.3) is 0 Å². The maximum atomic E-state index is 11.3. The first-order valence-electron chi connectivity index (χ1n) is 8.74. The molecule has 4 aromatic rings. The summed E-state index contributed by atoms with van der Waals surface area (Å²) in [4.78, 5) is 17.0. The minimum absolute atomic E-state index is 0.363. The van der Waals surface area contributed by atoms with E-state index in [-0.39, 0.29) is 0 Å². The topological polar surface area (TPSA) is 94.9 Å². The van der Waals surface area contributed by atoms with Crippen molar-refractivity contribution in [2.24, 2.45) is 0 Å². The smallest absolute Gasteiger partial charge is 0.385 e. The van der Waals surface area contributed by atoms with Crippen LogP contribution < -0.4 is 5.76 Å². The van der Waals surface area contributed by atoms with Gasteiger partial charge < -0.3 is 10.1 Å². The van der Waals surface area contributed by atoms with Crippen LogP contribution in [0.4, 0.5) is 0 Å². The number of halogens is 1. The summed E-state index contributed by atoms with van der Waals surface area (Å²) in [7, 11) is 0. The molecule has 2 heterocycles. The molecule has 27 heavy (non-hydrogen) atoms. The summed E-state index contributed by atoms with van der Waals surface area (Å²) in [5, 5.41) is 15.8. The SMILES string of the molecule is O=c1[nH]c(-c2c[nH]c3cc(Cl)c(-c4ccc(C5(O)CCC5)cc4)cc23)no1. The highest BCUT2D eigenvalue weighted by atomic mass is 35.5. The van der Waals surface area contributed by atoms with E-state index >= 15 is 0 Å². The molecule has 3 N–H and O–H groups in total. The molecule has 0 spiro atoms. The van der Waals surface area contributed by atoms with Crippen molar-refractivity contribution in [3.05, 3.63) is 63.7 Å². The van der Waals surface area contributed by atoms with Crippen LogP contribution in [0.15, 0.2) is 51.9 Å². The van der Waals surface area contributed by atoms with Crippen LogP contribution in [0.25, 0.3) is 33.4 Å². The van der Waals surface area contributed by atoms with E-state index in [1.54, 1.807) is 6.20 Å². The first-order valence-corrected chi connectivity index (χ1v) is 9.12. The molecule has 0 radical (unpaired) electrons. The molecule has 2 aromatic carbocycles. The number of nitrogens with one attached hydrogen (secondary N) is 2. The van der Waals surface area contributed by atoms with Gasteiger partial charge in [-0.25, -0.2) is 4.79 Å². The molecule has 7 heteroatoms. The van der Waals surface area contributed by atoms with E-state index in [0.29, 0.717) is 10.8 Å². The Bertz CT molecular complexity index is 1200. The standard InChI is InChI=1S/C20H16ClN3O3/c21-16-9-17-14(15(10-22-17)18-23-19(25)27-24-18)8-13(16)11-2-4-12(5-3-11)20(26)6-1-7-20/h2-5,8-10,22,26H,1,6-7H2,(H,23,24,25). The number of hydrogen-bond donors (Lipinski definition) is 3. The summed E-state index contributed by atoms with van der Waals surface area (Å²) in [6.07, 6.45) is 4.43. The maximum absolute atomic E-state index is 11.3. The minimum Gasteiger partial charge on any atom is -0.385 e. The predicted octanol–water partition coefficient (Wildman–Crippen LogP) is 4.20. The average molecular weight is 382 g/mol. The van der Waals surface area contributed by atoms with Crippen molar-refractivity contribution >= 4 is 22.5 Å². The third-order valence-electron chi connectivity index (χ3n) is 5.38. The lowest BCUT2D eigenvalue weighted by Gasteiger charge is -2.37. The third kappa shape index (κ3) is 2.60. The molecule has 0 amide bonds. The lowest BCUT2D eigenvalue weighted by atomic mass is 9.75. The van der Waals surface area contributed by atoms with Crippen molar-refractivity contribution in [1.29, 1.82) is 0 Å². The number of aliphatic hydroxyl groups is 1. The van der Waals surface area contributed by atoms with Crippen LogP contribution in [-0.2, 0) is 5.60 Å². The van der Waals surface area contributed by atoms with E-state index in [1.165, 1.54) is 0 Å². The number of benzene rings is 2. The van der Waals surface area contributed by atoms with Gasteiger partial charge in [-0.05, 0) is 42.5 Å². The Morgan fingerprint density at radius 2 is 1.93 bits per heavy atom. The fourth-order valence-corrected chi connectivity index (χ4v) is 3.94. The molecule has 1 aliphatic rings. The Morgan fingerprint density at radius 1 is 1.15 bits per heavy atom. The summed E-state index contributed by atoms with van der Waals surface area (Å²) in [6.45, 7) is 0. The van der Waals surface area contributed by atoms with Crippen LogP contribution in [-0.4, -0.2) is 20.2 Å². The number of hydrogen-bond acceptors (Lipinski definition) is 4. The zero-order valence-electron chi connectivity index (χ0n) is 14.3. The van der Waals surface area contributed by atoms with Crippen molar-refractivity contribution in [3.8, 4) is 22.5 Å². The molecule has 1 fully saturated rings. The van der Waals surface area contributed by atoms with E-state index in [9.17, 15) is 9.90 Å². The number of aromatic nitrogens is 3. The van der Waals surface area contributed by atoms with Crippen LogP contribution in [0, 0.1) is 0 Å². The zero-order valence-corrected chi connectivity index (χ0v) is 15.0. The summed E-state index contributed by atoms with van der Waals surface area (Å²) in [5.74, 6) is -0.236. The third-order valence-corrected chi connectivity index (χ3v) is 5.69. The van der Waals surface area contributed by atoms with Gasteiger partial charge in [0.15, 0.2) is 5.82 Å². The Labute approximate surface area is 158 Å². The largest absolute Gasteiger partial charge is 0.439 e. The molecule has 0 unspecified atom stereocenters. The molecule has 5 rings (SSSR count). The van der Waals surface area contributed by atoms with Gasteiger partial charge in [0.1, 0.15) is 0 Å². The van der Waals surface area contributed by atoms with Gasteiger partial charge in [-0.15, -0.1) is 0 Å². The number of fused-ring (bicyclic) bond motifs is 1. The van der Waals surface area contributed by atoms with Gasteiger partial charge in [0.05, 0.1) is 10.6 Å². The van der Waals surface area contributed by atoms with Gasteiger partial charge in [-0.3, -0.25) is 9.51 Å². The maximum Gasteiger partial charge on any atom is 0.439 e. The second-order valence-electron chi connectivity index (χ2n) is 6.99. The Balaban J connectivity index is 1.60. The van der Waals surface area contributed by atoms with E-state index in [2.05, 4.69) is 19.6 Å². The number of H-pyrrole nitrogens is 2. The molecule has 0 saturated heterocycles. The normalized spacial score (nSPS) is 15.8. The minimum atomic E-state index is -0.682. The van der Waals surface area contributed by atoms with Crippen LogP contribution >= 0.6 is 11.6 Å². The van der Waals surface area contributed by atoms with Crippen LogP contribution in [0.3, 0.4) is 0 Å². The van der Waals surface area contributed by atoms with Crippen LogP contribution in [0.2, 0.25) is 5.02 Å². The highest BCUT2D eigenvalue weighted by Gasteiger charge is 2.35. The highest BCUT2D eigenvalue weighted by molar-refractivity contribution is 6.34. The molecule has 0 aliphatic heterocycles. The fourth-order valence-electron chi connectivity index (χ4n) is 3.67. The lowest BCUT2D eigenvalue weighted by Crippen LogP contribution is -2.33. The second-order valence-corrected chi connectivity index (χ2v) is 7.39. The van der Waals surface area contributed by atoms with Gasteiger partial charge in [-0.1, -0.05) is 41.0 Å². The average Bonchev–Trinajstić information content (AvgIpc) is 3.24. The van der Waals surface area contributed by atoms with Crippen molar-refractivity contribution in [2.45, 2.75) is 24.9 Å². The van der Waals surface area contributed by atoms with Crippen molar-refractivity contribution in [3.63, 3.8) is 0 Å². The fraction of sp³-hybridized carbons (Fsp3) is 0.200. The van der Waals surface area contributed by atoms with E-state index in [1.807, 2.05) is 36.4 Å². The van der Waals surface area contributed by atoms with Gasteiger partial charge in [0, 0.05) is 28.2 Å². The summed E-state index contributed by atoms with van der Waals surface area (Å²) in [5.41, 5.74) is 3.64. The molecule has 0 bridgehead atoms.